The molecule has 0 atom stereocenters. The van der Waals surface area contributed by atoms with Gasteiger partial charge in [-0.05, 0) is 11.6 Å². The average molecular weight is 173 g/mol. The van der Waals surface area contributed by atoms with Crippen LogP contribution >= 0.6 is 0 Å². The van der Waals surface area contributed by atoms with Crippen LogP contribution in [0.2, 0.25) is 0 Å². The van der Waals surface area contributed by atoms with E-state index in [2.05, 4.69) is 6.58 Å². The third kappa shape index (κ3) is 1.24. The molecule has 0 spiro atoms. The van der Waals surface area contributed by atoms with Gasteiger partial charge in [-0.2, -0.15) is 0 Å². The Morgan fingerprint density at radius 1 is 1.46 bits per heavy atom. The summed E-state index contributed by atoms with van der Waals surface area (Å²) in [5, 5.41) is 0. The van der Waals surface area contributed by atoms with Crippen molar-refractivity contribution >= 4 is 5.91 Å². The van der Waals surface area contributed by atoms with E-state index in [1.54, 1.807) is 11.0 Å². The molecular formula is C11H11NO. The summed E-state index contributed by atoms with van der Waals surface area (Å²) >= 11 is 0. The van der Waals surface area contributed by atoms with Gasteiger partial charge in [0.1, 0.15) is 0 Å². The Morgan fingerprint density at radius 3 is 2.92 bits per heavy atom. The molecule has 66 valence electrons. The lowest BCUT2D eigenvalue weighted by Gasteiger charge is -2.11. The van der Waals surface area contributed by atoms with Crippen molar-refractivity contribution in [2.75, 3.05) is 6.54 Å². The zero-order chi connectivity index (χ0) is 9.26. The van der Waals surface area contributed by atoms with E-state index in [1.165, 1.54) is 0 Å². The summed E-state index contributed by atoms with van der Waals surface area (Å²) in [6, 6.07) is 7.73. The van der Waals surface area contributed by atoms with Crippen molar-refractivity contribution in [3.63, 3.8) is 0 Å². The van der Waals surface area contributed by atoms with Gasteiger partial charge in [0.2, 0.25) is 0 Å². The molecule has 0 N–H and O–H groups in total. The summed E-state index contributed by atoms with van der Waals surface area (Å²) in [4.78, 5) is 13.5. The maximum Gasteiger partial charge on any atom is 0.254 e. The Bertz CT molecular complexity index is 357. The van der Waals surface area contributed by atoms with Gasteiger partial charge in [0.05, 0.1) is 0 Å². The number of amides is 1. The Morgan fingerprint density at radius 2 is 2.23 bits per heavy atom. The van der Waals surface area contributed by atoms with Crippen LogP contribution in [0.15, 0.2) is 36.9 Å². The molecule has 0 radical (unpaired) electrons. The number of carbonyl (C=O) groups is 1. The average Bonchev–Trinajstić information content (AvgIpc) is 2.46. The first-order valence-electron chi connectivity index (χ1n) is 4.31. The second-order valence-corrected chi connectivity index (χ2v) is 3.13. The van der Waals surface area contributed by atoms with Crippen LogP contribution in [0.4, 0.5) is 0 Å². The molecule has 2 nitrogen and oxygen atoms in total. The molecular weight excluding hydrogens is 162 g/mol. The third-order valence-corrected chi connectivity index (χ3v) is 2.25. The Kier molecular flexibility index (Phi) is 1.89. The van der Waals surface area contributed by atoms with E-state index in [-0.39, 0.29) is 5.91 Å². The number of hydrogen-bond donors (Lipinski definition) is 0. The van der Waals surface area contributed by atoms with Gasteiger partial charge in [0, 0.05) is 18.7 Å². The van der Waals surface area contributed by atoms with Gasteiger partial charge in [-0.15, -0.1) is 6.58 Å². The molecule has 0 bridgehead atoms. The van der Waals surface area contributed by atoms with Gasteiger partial charge in [0.25, 0.3) is 5.91 Å². The Labute approximate surface area is 77.5 Å². The Hall–Kier alpha value is -1.57. The zero-order valence-corrected chi connectivity index (χ0v) is 7.36. The molecule has 1 heterocycles. The lowest BCUT2D eigenvalue weighted by molar-refractivity contribution is 0.0796. The predicted octanol–water partition coefficient (Wildman–Crippen LogP) is 1.83. The molecule has 0 aliphatic carbocycles. The number of carbonyl (C=O) groups excluding carboxylic acids is 1. The second-order valence-electron chi connectivity index (χ2n) is 3.13. The minimum Gasteiger partial charge on any atom is -0.331 e. The second kappa shape index (κ2) is 3.05. The lowest BCUT2D eigenvalue weighted by Crippen LogP contribution is -2.23. The SMILES string of the molecule is C=CCN1Cc2ccccc2C1=O. The van der Waals surface area contributed by atoms with E-state index in [0.29, 0.717) is 6.54 Å². The van der Waals surface area contributed by atoms with E-state index < -0.39 is 0 Å². The molecule has 13 heavy (non-hydrogen) atoms. The summed E-state index contributed by atoms with van der Waals surface area (Å²) in [5.74, 6) is 0.121. The maximum atomic E-state index is 11.7. The van der Waals surface area contributed by atoms with Gasteiger partial charge in [-0.1, -0.05) is 24.3 Å². The van der Waals surface area contributed by atoms with E-state index in [9.17, 15) is 4.79 Å². The quantitative estimate of drug-likeness (QED) is 0.625. The highest BCUT2D eigenvalue weighted by Gasteiger charge is 2.25. The summed E-state index contributed by atoms with van der Waals surface area (Å²) in [6.45, 7) is 4.98. The predicted molar refractivity (Wildman–Crippen MR) is 51.4 cm³/mol. The van der Waals surface area contributed by atoms with Crippen LogP contribution in [-0.2, 0) is 6.54 Å². The summed E-state index contributed by atoms with van der Waals surface area (Å²) in [5.41, 5.74) is 1.96. The molecule has 0 aromatic heterocycles. The van der Waals surface area contributed by atoms with E-state index >= 15 is 0 Å². The molecule has 1 amide bonds. The van der Waals surface area contributed by atoms with Crippen molar-refractivity contribution in [3.05, 3.63) is 48.0 Å². The minimum atomic E-state index is 0.121. The van der Waals surface area contributed by atoms with Crippen LogP contribution in [0.25, 0.3) is 0 Å². The van der Waals surface area contributed by atoms with Crippen molar-refractivity contribution < 1.29 is 4.79 Å². The van der Waals surface area contributed by atoms with Gasteiger partial charge in [-0.3, -0.25) is 4.79 Å². The molecule has 1 aromatic rings. The largest absolute Gasteiger partial charge is 0.331 e. The van der Waals surface area contributed by atoms with E-state index in [0.717, 1.165) is 17.7 Å². The van der Waals surface area contributed by atoms with Crippen molar-refractivity contribution in [1.82, 2.24) is 4.90 Å². The van der Waals surface area contributed by atoms with Gasteiger partial charge >= 0.3 is 0 Å². The smallest absolute Gasteiger partial charge is 0.254 e. The molecule has 1 aliphatic heterocycles. The normalized spacial score (nSPS) is 14.5. The monoisotopic (exact) mass is 173 g/mol. The molecule has 1 aliphatic rings. The molecule has 2 rings (SSSR count). The van der Waals surface area contributed by atoms with Crippen LogP contribution in [0, 0.1) is 0 Å². The number of hydrogen-bond acceptors (Lipinski definition) is 1. The number of rotatable bonds is 2. The summed E-state index contributed by atoms with van der Waals surface area (Å²) < 4.78 is 0. The van der Waals surface area contributed by atoms with Gasteiger partial charge < -0.3 is 4.90 Å². The number of benzene rings is 1. The van der Waals surface area contributed by atoms with Crippen LogP contribution in [0.1, 0.15) is 15.9 Å². The van der Waals surface area contributed by atoms with Gasteiger partial charge in [0.15, 0.2) is 0 Å². The molecule has 0 saturated heterocycles. The topological polar surface area (TPSA) is 20.3 Å². The lowest BCUT2D eigenvalue weighted by atomic mass is 10.1. The molecule has 0 saturated carbocycles. The fraction of sp³-hybridized carbons (Fsp3) is 0.182. The van der Waals surface area contributed by atoms with Crippen LogP contribution in [-0.4, -0.2) is 17.4 Å². The van der Waals surface area contributed by atoms with E-state index in [4.69, 9.17) is 0 Å². The van der Waals surface area contributed by atoms with Crippen molar-refractivity contribution in [2.24, 2.45) is 0 Å². The molecule has 1 aromatic carbocycles. The third-order valence-electron chi connectivity index (χ3n) is 2.25. The first kappa shape index (κ1) is 8.05. The summed E-state index contributed by atoms with van der Waals surface area (Å²) in [7, 11) is 0. The standard InChI is InChI=1S/C11H11NO/c1-2-7-12-8-9-5-3-4-6-10(9)11(12)13/h2-6H,1,7-8H2. The highest BCUT2D eigenvalue weighted by molar-refractivity contribution is 5.98. The van der Waals surface area contributed by atoms with Crippen molar-refractivity contribution in [2.45, 2.75) is 6.54 Å². The highest BCUT2D eigenvalue weighted by Crippen LogP contribution is 2.21. The number of fused-ring (bicyclic) bond motifs is 1. The van der Waals surface area contributed by atoms with Crippen molar-refractivity contribution in [1.29, 1.82) is 0 Å². The minimum absolute atomic E-state index is 0.121. The number of nitrogens with zero attached hydrogens (tertiary/aromatic N) is 1. The Balaban J connectivity index is 2.32. The molecule has 0 fully saturated rings. The summed E-state index contributed by atoms with van der Waals surface area (Å²) in [6.07, 6.45) is 1.75. The fourth-order valence-corrected chi connectivity index (χ4v) is 1.62. The molecule has 2 heteroatoms. The zero-order valence-electron chi connectivity index (χ0n) is 7.36. The van der Waals surface area contributed by atoms with Crippen LogP contribution in [0.3, 0.4) is 0 Å². The maximum absolute atomic E-state index is 11.7. The first-order valence-corrected chi connectivity index (χ1v) is 4.31. The fourth-order valence-electron chi connectivity index (χ4n) is 1.62. The van der Waals surface area contributed by atoms with Gasteiger partial charge in [-0.25, -0.2) is 0 Å². The van der Waals surface area contributed by atoms with E-state index in [1.807, 2.05) is 24.3 Å². The first-order chi connectivity index (χ1) is 6.33. The van der Waals surface area contributed by atoms with Crippen LogP contribution in [0.5, 0.6) is 0 Å². The van der Waals surface area contributed by atoms with Crippen LogP contribution < -0.4 is 0 Å². The van der Waals surface area contributed by atoms with Crippen molar-refractivity contribution in [3.8, 4) is 0 Å². The molecule has 0 unspecified atom stereocenters. The highest BCUT2D eigenvalue weighted by atomic mass is 16.2.